The average Bonchev–Trinajstić information content (AvgIpc) is 2.64. The van der Waals surface area contributed by atoms with Crippen molar-refractivity contribution in [1.29, 1.82) is 10.5 Å². The van der Waals surface area contributed by atoms with E-state index >= 15 is 0 Å². The second-order valence-corrected chi connectivity index (χ2v) is 6.72. The summed E-state index contributed by atoms with van der Waals surface area (Å²) in [6.45, 7) is 0. The number of carbonyl (C=O) groups excluding carboxylic acids is 1. The highest BCUT2D eigenvalue weighted by Gasteiger charge is 2.28. The van der Waals surface area contributed by atoms with E-state index in [2.05, 4.69) is 26.0 Å². The molecule has 2 aromatic carbocycles. The first-order valence-corrected chi connectivity index (χ1v) is 8.59. The molecule has 0 spiro atoms. The number of azide groups is 1. The minimum atomic E-state index is -1.10. The van der Waals surface area contributed by atoms with Crippen molar-refractivity contribution in [2.75, 3.05) is 0 Å². The maximum Gasteiger partial charge on any atom is 0.163 e. The number of Topliss-reactive ketones (excluding diaryl/α,β-unsaturated/α-hetero) is 1. The van der Waals surface area contributed by atoms with E-state index in [4.69, 9.17) is 17.1 Å². The Hall–Kier alpha value is -2.83. The maximum absolute atomic E-state index is 12.7. The summed E-state index contributed by atoms with van der Waals surface area (Å²) in [6.07, 6.45) is -0.0955. The summed E-state index contributed by atoms with van der Waals surface area (Å²) >= 11 is 9.34. The van der Waals surface area contributed by atoms with E-state index in [-0.39, 0.29) is 17.9 Å². The summed E-state index contributed by atoms with van der Waals surface area (Å²) < 4.78 is 0.831. The zero-order chi connectivity index (χ0) is 19.1. The van der Waals surface area contributed by atoms with Crippen LogP contribution in [0, 0.1) is 28.6 Å². The number of carbonyl (C=O) groups is 1. The van der Waals surface area contributed by atoms with Gasteiger partial charge in [-0.1, -0.05) is 50.8 Å². The fourth-order valence-corrected chi connectivity index (χ4v) is 2.98. The van der Waals surface area contributed by atoms with Gasteiger partial charge in [-0.25, -0.2) is 0 Å². The van der Waals surface area contributed by atoms with Crippen LogP contribution in [0.2, 0.25) is 5.02 Å². The lowest BCUT2D eigenvalue weighted by Gasteiger charge is -2.19. The minimum Gasteiger partial charge on any atom is -0.294 e. The molecule has 1 unspecified atom stereocenters. The molecule has 0 aliphatic heterocycles. The summed E-state index contributed by atoms with van der Waals surface area (Å²) in [4.78, 5) is 15.4. The van der Waals surface area contributed by atoms with Crippen LogP contribution in [0.15, 0.2) is 52.1 Å². The number of rotatable bonds is 6. The molecule has 0 fully saturated rings. The zero-order valence-corrected chi connectivity index (χ0v) is 15.6. The summed E-state index contributed by atoms with van der Waals surface area (Å²) in [5, 5.41) is 22.6. The van der Waals surface area contributed by atoms with Crippen molar-refractivity contribution in [3.05, 3.63) is 73.5 Å². The smallest absolute Gasteiger partial charge is 0.163 e. The van der Waals surface area contributed by atoms with Crippen molar-refractivity contribution < 1.29 is 4.79 Å². The minimum absolute atomic E-state index is 0.0955. The van der Waals surface area contributed by atoms with Crippen molar-refractivity contribution in [2.24, 2.45) is 11.0 Å². The van der Waals surface area contributed by atoms with Crippen LogP contribution >= 0.6 is 27.5 Å². The molecular formula is C18H11BrClN5O. The predicted octanol–water partition coefficient (Wildman–Crippen LogP) is 6.06. The highest BCUT2D eigenvalue weighted by atomic mass is 79.9. The molecule has 0 aromatic heterocycles. The summed E-state index contributed by atoms with van der Waals surface area (Å²) in [6, 6.07) is 15.2. The summed E-state index contributed by atoms with van der Waals surface area (Å²) in [7, 11) is 0. The van der Waals surface area contributed by atoms with Gasteiger partial charge in [0.05, 0.1) is 12.1 Å². The Morgan fingerprint density at radius 2 is 1.88 bits per heavy atom. The molecule has 0 heterocycles. The molecule has 8 heteroatoms. The molecule has 0 saturated carbocycles. The van der Waals surface area contributed by atoms with Gasteiger partial charge in [-0.3, -0.25) is 4.79 Å². The quantitative estimate of drug-likeness (QED) is 0.241. The lowest BCUT2D eigenvalue weighted by atomic mass is 9.82. The van der Waals surface area contributed by atoms with Gasteiger partial charge in [-0.05, 0) is 35.4 Å². The van der Waals surface area contributed by atoms with Crippen molar-refractivity contribution in [1.82, 2.24) is 0 Å². The number of benzene rings is 2. The van der Waals surface area contributed by atoms with E-state index in [0.717, 1.165) is 4.47 Å². The molecular weight excluding hydrogens is 418 g/mol. The molecule has 0 amide bonds. The second kappa shape index (κ2) is 9.03. The number of nitriles is 2. The SMILES string of the molecule is N#CC(C#N)C(CC(=O)c1ccc(Br)cc1)c1cc(Cl)ccc1N=[N+]=[N-]. The third-order valence-electron chi connectivity index (χ3n) is 3.79. The first kappa shape index (κ1) is 19.5. The van der Waals surface area contributed by atoms with E-state index in [1.807, 2.05) is 12.1 Å². The van der Waals surface area contributed by atoms with Crippen LogP contribution in [0.5, 0.6) is 0 Å². The van der Waals surface area contributed by atoms with Crippen molar-refractivity contribution in [3.8, 4) is 12.1 Å². The molecule has 0 N–H and O–H groups in total. The Balaban J connectivity index is 2.48. The Bertz CT molecular complexity index is 941. The number of hydrogen-bond donors (Lipinski definition) is 0. The number of nitrogens with zero attached hydrogens (tertiary/aromatic N) is 5. The predicted molar refractivity (Wildman–Crippen MR) is 101 cm³/mol. The molecule has 2 aromatic rings. The van der Waals surface area contributed by atoms with Gasteiger partial charge < -0.3 is 0 Å². The molecule has 128 valence electrons. The van der Waals surface area contributed by atoms with Crippen molar-refractivity contribution in [2.45, 2.75) is 12.3 Å². The first-order chi connectivity index (χ1) is 12.5. The van der Waals surface area contributed by atoms with Crippen molar-refractivity contribution >= 4 is 39.0 Å². The first-order valence-electron chi connectivity index (χ1n) is 7.42. The third-order valence-corrected chi connectivity index (χ3v) is 4.56. The molecule has 6 nitrogen and oxygen atoms in total. The molecule has 0 radical (unpaired) electrons. The molecule has 0 aliphatic carbocycles. The van der Waals surface area contributed by atoms with E-state index in [1.54, 1.807) is 24.3 Å². The molecule has 0 saturated heterocycles. The second-order valence-electron chi connectivity index (χ2n) is 5.37. The Morgan fingerprint density at radius 3 is 2.46 bits per heavy atom. The Morgan fingerprint density at radius 1 is 1.23 bits per heavy atom. The van der Waals surface area contributed by atoms with Gasteiger partial charge >= 0.3 is 0 Å². The van der Waals surface area contributed by atoms with Gasteiger partial charge in [-0.2, -0.15) is 10.5 Å². The average molecular weight is 429 g/mol. The number of ketones is 1. The van der Waals surface area contributed by atoms with Crippen LogP contribution < -0.4 is 0 Å². The fraction of sp³-hybridized carbons (Fsp3) is 0.167. The van der Waals surface area contributed by atoms with Gasteiger partial charge in [0.25, 0.3) is 0 Å². The van der Waals surface area contributed by atoms with Gasteiger partial charge in [-0.15, -0.1) is 0 Å². The van der Waals surface area contributed by atoms with Crippen LogP contribution in [0.4, 0.5) is 5.69 Å². The number of halogens is 2. The Labute approximate surface area is 163 Å². The van der Waals surface area contributed by atoms with E-state index in [1.165, 1.54) is 18.2 Å². The van der Waals surface area contributed by atoms with Crippen LogP contribution in [-0.4, -0.2) is 5.78 Å². The zero-order valence-electron chi connectivity index (χ0n) is 13.3. The monoisotopic (exact) mass is 427 g/mol. The lowest BCUT2D eigenvalue weighted by Crippen LogP contribution is -2.15. The molecule has 26 heavy (non-hydrogen) atoms. The third kappa shape index (κ3) is 4.62. The van der Waals surface area contributed by atoms with Gasteiger partial charge in [0.2, 0.25) is 0 Å². The van der Waals surface area contributed by atoms with E-state index < -0.39 is 11.8 Å². The van der Waals surface area contributed by atoms with Gasteiger partial charge in [0, 0.05) is 38.0 Å². The van der Waals surface area contributed by atoms with Gasteiger partial charge in [0.15, 0.2) is 5.78 Å². The highest BCUT2D eigenvalue weighted by molar-refractivity contribution is 9.10. The Kier molecular flexibility index (Phi) is 6.77. The normalized spacial score (nSPS) is 11.1. The number of hydrogen-bond acceptors (Lipinski definition) is 4. The van der Waals surface area contributed by atoms with Crippen LogP contribution in [0.1, 0.15) is 28.3 Å². The summed E-state index contributed by atoms with van der Waals surface area (Å²) in [5.74, 6) is -2.11. The van der Waals surface area contributed by atoms with Crippen LogP contribution in [0.3, 0.4) is 0 Å². The maximum atomic E-state index is 12.7. The largest absolute Gasteiger partial charge is 0.294 e. The summed E-state index contributed by atoms with van der Waals surface area (Å²) in [5.41, 5.74) is 9.85. The lowest BCUT2D eigenvalue weighted by molar-refractivity contribution is 0.0971. The fourth-order valence-electron chi connectivity index (χ4n) is 2.53. The standard InChI is InChI=1S/C18H11BrClN5O/c19-13-3-1-11(2-4-13)18(26)8-15(12(9-21)10-22)16-7-14(20)5-6-17(16)24-25-23/h1-7,12,15H,8H2. The highest BCUT2D eigenvalue weighted by Crippen LogP contribution is 2.37. The topological polar surface area (TPSA) is 113 Å². The van der Waals surface area contributed by atoms with Crippen LogP contribution in [0.25, 0.3) is 10.4 Å². The van der Waals surface area contributed by atoms with Gasteiger partial charge in [0.1, 0.15) is 5.92 Å². The molecule has 2 rings (SSSR count). The molecule has 0 bridgehead atoms. The molecule has 0 aliphatic rings. The van der Waals surface area contributed by atoms with Crippen molar-refractivity contribution in [3.63, 3.8) is 0 Å². The van der Waals surface area contributed by atoms with E-state index in [9.17, 15) is 15.3 Å². The van der Waals surface area contributed by atoms with E-state index in [0.29, 0.717) is 16.1 Å². The molecule has 1 atom stereocenters. The van der Waals surface area contributed by atoms with Crippen LogP contribution in [-0.2, 0) is 0 Å².